The Hall–Kier alpha value is -0.780. The summed E-state index contributed by atoms with van der Waals surface area (Å²) in [5.41, 5.74) is 4.56. The van der Waals surface area contributed by atoms with Crippen molar-refractivity contribution in [2.75, 3.05) is 0 Å². The number of hydrogen-bond acceptors (Lipinski definition) is 0. The summed E-state index contributed by atoms with van der Waals surface area (Å²) < 4.78 is 0. The van der Waals surface area contributed by atoms with Crippen LogP contribution in [0.25, 0.3) is 0 Å². The molecule has 0 atom stereocenters. The van der Waals surface area contributed by atoms with Gasteiger partial charge in [0.15, 0.2) is 0 Å². The Morgan fingerprint density at radius 2 is 1.79 bits per heavy atom. The molecule has 14 heavy (non-hydrogen) atoms. The highest BCUT2D eigenvalue weighted by atomic mass is 14.1. The molecule has 0 saturated heterocycles. The topological polar surface area (TPSA) is 0 Å². The van der Waals surface area contributed by atoms with Crippen LogP contribution in [0.3, 0.4) is 0 Å². The van der Waals surface area contributed by atoms with Crippen molar-refractivity contribution in [2.45, 2.75) is 52.9 Å². The lowest BCUT2D eigenvalue weighted by Gasteiger charge is -2.11. The Labute approximate surface area is 88.4 Å². The van der Waals surface area contributed by atoms with Gasteiger partial charge in [0.1, 0.15) is 0 Å². The Balaban J connectivity index is 3.01. The van der Waals surface area contributed by atoms with E-state index in [-0.39, 0.29) is 0 Å². The second-order valence-corrected chi connectivity index (χ2v) is 4.29. The molecule has 0 spiro atoms. The molecule has 0 heteroatoms. The number of rotatable bonds is 4. The van der Waals surface area contributed by atoms with Crippen molar-refractivity contribution in [1.82, 2.24) is 0 Å². The van der Waals surface area contributed by atoms with Gasteiger partial charge >= 0.3 is 0 Å². The highest BCUT2D eigenvalue weighted by molar-refractivity contribution is 5.33. The fraction of sp³-hybridized carbons (Fsp3) is 0.571. The summed E-state index contributed by atoms with van der Waals surface area (Å²) in [6, 6.07) is 6.98. The van der Waals surface area contributed by atoms with Crippen LogP contribution in [0, 0.1) is 0 Å². The third-order valence-electron chi connectivity index (χ3n) is 2.80. The third-order valence-corrected chi connectivity index (χ3v) is 2.80. The Morgan fingerprint density at radius 3 is 2.29 bits per heavy atom. The molecule has 0 amide bonds. The van der Waals surface area contributed by atoms with Crippen molar-refractivity contribution in [2.24, 2.45) is 0 Å². The standard InChI is InChI=1S/C14H22/c1-5-7-14-10-13(11(3)4)9-8-12(14)6-2/h8-11H,5-7H2,1-4H3. The molecule has 0 nitrogen and oxygen atoms in total. The fourth-order valence-corrected chi connectivity index (χ4v) is 1.85. The van der Waals surface area contributed by atoms with E-state index in [4.69, 9.17) is 0 Å². The number of benzene rings is 1. The van der Waals surface area contributed by atoms with Crippen molar-refractivity contribution in [3.05, 3.63) is 34.9 Å². The monoisotopic (exact) mass is 190 g/mol. The molecule has 0 fully saturated rings. The molecule has 1 aromatic carbocycles. The smallest absolute Gasteiger partial charge is 0.0219 e. The van der Waals surface area contributed by atoms with Gasteiger partial charge < -0.3 is 0 Å². The average molecular weight is 190 g/mol. The van der Waals surface area contributed by atoms with Gasteiger partial charge in [-0.25, -0.2) is 0 Å². The van der Waals surface area contributed by atoms with Gasteiger partial charge in [0.25, 0.3) is 0 Å². The lowest BCUT2D eigenvalue weighted by atomic mass is 9.94. The summed E-state index contributed by atoms with van der Waals surface area (Å²) in [5.74, 6) is 0.650. The van der Waals surface area contributed by atoms with Gasteiger partial charge in [-0.1, -0.05) is 52.3 Å². The Morgan fingerprint density at radius 1 is 1.07 bits per heavy atom. The van der Waals surface area contributed by atoms with Crippen LogP contribution in [-0.2, 0) is 12.8 Å². The summed E-state index contributed by atoms with van der Waals surface area (Å²) in [6.45, 7) is 9.01. The lowest BCUT2D eigenvalue weighted by molar-refractivity contribution is 0.845. The van der Waals surface area contributed by atoms with E-state index in [2.05, 4.69) is 45.9 Å². The second-order valence-electron chi connectivity index (χ2n) is 4.29. The van der Waals surface area contributed by atoms with Crippen LogP contribution in [0.4, 0.5) is 0 Å². The predicted octanol–water partition coefficient (Wildman–Crippen LogP) is 4.32. The normalized spacial score (nSPS) is 10.9. The van der Waals surface area contributed by atoms with Crippen molar-refractivity contribution in [1.29, 1.82) is 0 Å². The molecule has 78 valence electrons. The molecule has 0 N–H and O–H groups in total. The van der Waals surface area contributed by atoms with E-state index >= 15 is 0 Å². The van der Waals surface area contributed by atoms with Crippen LogP contribution in [0.5, 0.6) is 0 Å². The fourth-order valence-electron chi connectivity index (χ4n) is 1.85. The van der Waals surface area contributed by atoms with E-state index in [9.17, 15) is 0 Å². The van der Waals surface area contributed by atoms with Gasteiger partial charge in [0.05, 0.1) is 0 Å². The first-order chi connectivity index (χ1) is 6.69. The van der Waals surface area contributed by atoms with E-state index in [0.717, 1.165) is 6.42 Å². The van der Waals surface area contributed by atoms with Crippen LogP contribution in [0.1, 0.15) is 56.7 Å². The van der Waals surface area contributed by atoms with Gasteiger partial charge in [-0.3, -0.25) is 0 Å². The molecule has 0 saturated carbocycles. The molecule has 0 aliphatic rings. The van der Waals surface area contributed by atoms with E-state index in [1.165, 1.54) is 24.0 Å². The molecule has 0 heterocycles. The molecule has 1 aromatic rings. The molecule has 0 aromatic heterocycles. The van der Waals surface area contributed by atoms with Gasteiger partial charge in [-0.2, -0.15) is 0 Å². The number of aryl methyl sites for hydroxylation is 2. The average Bonchev–Trinajstić information content (AvgIpc) is 2.18. The largest absolute Gasteiger partial charge is 0.0651 e. The van der Waals surface area contributed by atoms with Crippen LogP contribution in [0.15, 0.2) is 18.2 Å². The van der Waals surface area contributed by atoms with Crippen LogP contribution in [0.2, 0.25) is 0 Å². The summed E-state index contributed by atoms with van der Waals surface area (Å²) in [7, 11) is 0. The third kappa shape index (κ3) is 2.60. The van der Waals surface area contributed by atoms with Gasteiger partial charge in [-0.15, -0.1) is 0 Å². The zero-order chi connectivity index (χ0) is 10.6. The van der Waals surface area contributed by atoms with Crippen LogP contribution < -0.4 is 0 Å². The summed E-state index contributed by atoms with van der Waals surface area (Å²) in [4.78, 5) is 0. The summed E-state index contributed by atoms with van der Waals surface area (Å²) in [6.07, 6.45) is 3.63. The predicted molar refractivity (Wildman–Crippen MR) is 63.9 cm³/mol. The molecule has 1 rings (SSSR count). The van der Waals surface area contributed by atoms with E-state index < -0.39 is 0 Å². The molecule has 0 radical (unpaired) electrons. The van der Waals surface area contributed by atoms with Crippen molar-refractivity contribution in [3.8, 4) is 0 Å². The maximum Gasteiger partial charge on any atom is -0.0219 e. The maximum absolute atomic E-state index is 2.40. The molecule has 0 aliphatic carbocycles. The Bertz CT molecular complexity index is 284. The van der Waals surface area contributed by atoms with E-state index in [0.29, 0.717) is 5.92 Å². The highest BCUT2D eigenvalue weighted by Gasteiger charge is 2.04. The molecular weight excluding hydrogens is 168 g/mol. The van der Waals surface area contributed by atoms with Crippen LogP contribution in [-0.4, -0.2) is 0 Å². The van der Waals surface area contributed by atoms with Crippen molar-refractivity contribution < 1.29 is 0 Å². The first-order valence-electron chi connectivity index (χ1n) is 5.80. The highest BCUT2D eigenvalue weighted by Crippen LogP contribution is 2.20. The molecular formula is C14H22. The van der Waals surface area contributed by atoms with Gasteiger partial charge in [-0.05, 0) is 35.4 Å². The first-order valence-corrected chi connectivity index (χ1v) is 5.80. The molecule has 0 aliphatic heterocycles. The minimum Gasteiger partial charge on any atom is -0.0651 e. The van der Waals surface area contributed by atoms with Crippen LogP contribution >= 0.6 is 0 Å². The summed E-state index contributed by atoms with van der Waals surface area (Å²) >= 11 is 0. The molecule has 0 unspecified atom stereocenters. The minimum absolute atomic E-state index is 0.650. The quantitative estimate of drug-likeness (QED) is 0.663. The lowest BCUT2D eigenvalue weighted by Crippen LogP contribution is -1.96. The van der Waals surface area contributed by atoms with E-state index in [1.807, 2.05) is 0 Å². The first kappa shape index (κ1) is 11.3. The Kier molecular flexibility index (Phi) is 4.19. The minimum atomic E-state index is 0.650. The zero-order valence-corrected chi connectivity index (χ0v) is 9.93. The maximum atomic E-state index is 2.40. The van der Waals surface area contributed by atoms with Crippen molar-refractivity contribution in [3.63, 3.8) is 0 Å². The summed E-state index contributed by atoms with van der Waals surface area (Å²) in [5, 5.41) is 0. The molecule has 0 bridgehead atoms. The second kappa shape index (κ2) is 5.19. The van der Waals surface area contributed by atoms with Gasteiger partial charge in [0, 0.05) is 0 Å². The van der Waals surface area contributed by atoms with Gasteiger partial charge in [0.2, 0.25) is 0 Å². The number of hydrogen-bond donors (Lipinski definition) is 0. The zero-order valence-electron chi connectivity index (χ0n) is 9.93. The SMILES string of the molecule is CCCc1cc(C(C)C)ccc1CC. The van der Waals surface area contributed by atoms with E-state index in [1.54, 1.807) is 5.56 Å². The van der Waals surface area contributed by atoms with Crippen molar-refractivity contribution >= 4 is 0 Å².